The van der Waals surface area contributed by atoms with E-state index in [9.17, 15) is 19.2 Å². The summed E-state index contributed by atoms with van der Waals surface area (Å²) >= 11 is 6.35. The maximum atomic E-state index is 15.9. The van der Waals surface area contributed by atoms with E-state index in [1.807, 2.05) is 23.5 Å². The highest BCUT2D eigenvalue weighted by Gasteiger charge is 2.51. The second-order valence-electron chi connectivity index (χ2n) is 12.2. The van der Waals surface area contributed by atoms with Crippen LogP contribution in [0.1, 0.15) is 45.8 Å². The van der Waals surface area contributed by atoms with Crippen LogP contribution in [-0.4, -0.2) is 113 Å². The summed E-state index contributed by atoms with van der Waals surface area (Å²) in [7, 11) is 17.1. The summed E-state index contributed by atoms with van der Waals surface area (Å²) in [5.74, 6) is -7.29. The lowest BCUT2D eigenvalue weighted by molar-refractivity contribution is -0.147. The number of hydrogen-bond acceptors (Lipinski definition) is 4. The lowest BCUT2D eigenvalue weighted by atomic mass is 9.53. The molecule has 0 saturated carbocycles. The van der Waals surface area contributed by atoms with Crippen LogP contribution in [0.2, 0.25) is 5.02 Å². The maximum absolute atomic E-state index is 15.9. The molecule has 1 saturated heterocycles. The number of carbonyl (C=O) groups is 4. The van der Waals surface area contributed by atoms with Crippen LogP contribution in [-0.2, 0) is 25.6 Å². The molecule has 20 heteroatoms. The largest absolute Gasteiger partial charge is 0.352 e. The fourth-order valence-corrected chi connectivity index (χ4v) is 7.31. The van der Waals surface area contributed by atoms with Crippen molar-refractivity contribution in [1.29, 1.82) is 0 Å². The summed E-state index contributed by atoms with van der Waals surface area (Å²) in [6.45, 7) is 0. The normalized spacial score (nSPS) is 18.9. The fraction of sp³-hybridized carbons (Fsp3) is 0.273. The van der Waals surface area contributed by atoms with Crippen LogP contribution >= 0.6 is 11.6 Å². The van der Waals surface area contributed by atoms with Gasteiger partial charge in [0.05, 0.1) is 0 Å². The number of amides is 4. The molecule has 2 N–H and O–H groups in total. The lowest BCUT2D eigenvalue weighted by Gasteiger charge is -2.40. The molecular weight excluding hydrogens is 552 g/mol. The molecule has 2 heterocycles. The molecule has 0 radical (unpaired) electrons. The van der Waals surface area contributed by atoms with Gasteiger partial charge < -0.3 is 10.2 Å². The molecule has 1 fully saturated rings. The molecule has 0 aliphatic carbocycles. The van der Waals surface area contributed by atoms with Gasteiger partial charge >= 0.3 is 5.92 Å². The third-order valence-corrected chi connectivity index (χ3v) is 10.0. The number of benzene rings is 2. The van der Waals surface area contributed by atoms with Crippen LogP contribution in [0, 0.1) is 0 Å². The molecule has 0 bridgehead atoms. The number of alkyl halides is 2. The van der Waals surface area contributed by atoms with Gasteiger partial charge in [0.2, 0.25) is 11.8 Å². The number of piperidine rings is 1. The van der Waals surface area contributed by atoms with Gasteiger partial charge in [0.25, 0.3) is 11.8 Å². The lowest BCUT2D eigenvalue weighted by Crippen LogP contribution is -2.59. The maximum Gasteiger partial charge on any atom is 0.348 e. The quantitative estimate of drug-likeness (QED) is 0.272. The summed E-state index contributed by atoms with van der Waals surface area (Å²) in [6, 6.07) is -0.825. The highest BCUT2D eigenvalue weighted by atomic mass is 35.5. The summed E-state index contributed by atoms with van der Waals surface area (Å²) in [5, 5.41) is 4.34. The van der Waals surface area contributed by atoms with Gasteiger partial charge in [0.15, 0.2) is 0 Å². The zero-order chi connectivity index (χ0) is 31.8. The second kappa shape index (κ2) is 10.8. The Morgan fingerprint density at radius 3 is 2.02 bits per heavy atom. The summed E-state index contributed by atoms with van der Waals surface area (Å²) in [5.41, 5.74) is 5.01. The van der Waals surface area contributed by atoms with Gasteiger partial charge in [0.1, 0.15) is 84.5 Å². The number of rotatable bonds is 5. The molecule has 4 amide bonds. The smallest absolute Gasteiger partial charge is 0.348 e. The monoisotopic (exact) mass is 581 g/mol. The highest BCUT2D eigenvalue weighted by Crippen LogP contribution is 2.36. The Morgan fingerprint density at radius 2 is 1.50 bits per heavy atom. The van der Waals surface area contributed by atoms with Crippen LogP contribution < -0.4 is 48.9 Å². The number of carbonyl (C=O) groups excluding carboxylic acids is 4. The van der Waals surface area contributed by atoms with E-state index in [-0.39, 0.29) is 41.1 Å². The summed E-state index contributed by atoms with van der Waals surface area (Å²) in [4.78, 5) is 53.2. The van der Waals surface area contributed by atoms with Crippen LogP contribution in [0.3, 0.4) is 0 Å². The van der Waals surface area contributed by atoms with Gasteiger partial charge in [-0.25, -0.2) is 0 Å². The molecule has 2 aromatic rings. The van der Waals surface area contributed by atoms with Gasteiger partial charge in [-0.15, -0.1) is 0 Å². The number of halogens is 3. The molecule has 2 unspecified atom stereocenters. The highest BCUT2D eigenvalue weighted by molar-refractivity contribution is 6.64. The van der Waals surface area contributed by atoms with Crippen LogP contribution in [0.15, 0.2) is 0 Å². The summed E-state index contributed by atoms with van der Waals surface area (Å²) < 4.78 is 31.7. The Morgan fingerprint density at radius 1 is 0.952 bits per heavy atom. The van der Waals surface area contributed by atoms with Gasteiger partial charge in [-0.05, 0) is 17.5 Å². The van der Waals surface area contributed by atoms with Crippen LogP contribution in [0.4, 0.5) is 8.78 Å². The van der Waals surface area contributed by atoms with Crippen molar-refractivity contribution >= 4 is 152 Å². The van der Waals surface area contributed by atoms with Crippen molar-refractivity contribution in [3.8, 4) is 0 Å². The van der Waals surface area contributed by atoms with Crippen LogP contribution in [0.5, 0.6) is 0 Å². The van der Waals surface area contributed by atoms with Crippen molar-refractivity contribution in [2.24, 2.45) is 0 Å². The summed E-state index contributed by atoms with van der Waals surface area (Å²) in [6.07, 6.45) is 0.333. The Kier molecular flexibility index (Phi) is 8.28. The molecule has 0 spiro atoms. The Balaban J connectivity index is 1.76. The van der Waals surface area contributed by atoms with E-state index in [1.54, 1.807) is 54.9 Å². The van der Waals surface area contributed by atoms with E-state index in [1.165, 1.54) is 4.90 Å². The van der Waals surface area contributed by atoms with Gasteiger partial charge in [-0.3, -0.25) is 24.5 Å². The molecule has 0 aromatic heterocycles. The molecule has 4 rings (SSSR count). The number of nitrogens with one attached hydrogen (secondary N) is 2. The Labute approximate surface area is 258 Å². The Hall–Kier alpha value is -2.68. The number of fused-ring (bicyclic) bond motifs is 1. The van der Waals surface area contributed by atoms with Crippen molar-refractivity contribution in [3.05, 3.63) is 27.3 Å². The van der Waals surface area contributed by atoms with Crippen molar-refractivity contribution < 1.29 is 28.0 Å². The molecule has 2 aliphatic heterocycles. The van der Waals surface area contributed by atoms with E-state index in [0.29, 0.717) is 49.0 Å². The van der Waals surface area contributed by atoms with Gasteiger partial charge in [-0.1, -0.05) is 49.8 Å². The first kappa shape index (κ1) is 32.2. The molecule has 2 aliphatic rings. The van der Waals surface area contributed by atoms with E-state index >= 15 is 8.78 Å². The van der Waals surface area contributed by atoms with E-state index < -0.39 is 35.1 Å². The first-order chi connectivity index (χ1) is 19.3. The molecular formula is C22H28B10ClF2N3O4. The minimum atomic E-state index is -3.83. The minimum Gasteiger partial charge on any atom is -0.352 e. The van der Waals surface area contributed by atoms with E-state index in [0.717, 1.165) is 0 Å². The van der Waals surface area contributed by atoms with Gasteiger partial charge in [-0.2, -0.15) is 8.78 Å². The number of nitrogens with zero attached hydrogens (tertiary/aromatic N) is 1. The standard InChI is InChI=1S/C22H28B10ClF2N3O4/c23-9-6(17(30)37-20(42)21(34,35)8-12(26)14(28)16(33)15(29)13(8)27)11(25)10(24)5-7(9)22(31,32)38(19(5)41)3-1-2-4(39)36-18(3)40/h3,17H,1-2,23-32H2,(H,37,42)(H,36,39,40). The van der Waals surface area contributed by atoms with Crippen molar-refractivity contribution in [1.82, 2.24) is 15.5 Å². The van der Waals surface area contributed by atoms with Crippen molar-refractivity contribution in [2.45, 2.75) is 36.1 Å². The SMILES string of the molecule is Bc1c(B)c(C(F)(F)C(=O)NC(B)c2c(B)c(B)c3c(c2B)C(B)(B)N(C2CCC(=O)NC2=O)C3=O)c(B)c(B)c1Cl. The van der Waals surface area contributed by atoms with Crippen LogP contribution in [0.25, 0.3) is 0 Å². The second-order valence-corrected chi connectivity index (χ2v) is 12.6. The van der Waals surface area contributed by atoms with Gasteiger partial charge in [0, 0.05) is 33.8 Å². The topological polar surface area (TPSA) is 95.6 Å². The predicted octanol–water partition coefficient (Wildman–Crippen LogP) is -12.7. The average molecular weight is 580 g/mol. The third kappa shape index (κ3) is 4.70. The van der Waals surface area contributed by atoms with Crippen molar-refractivity contribution in [3.63, 3.8) is 0 Å². The Bertz CT molecular complexity index is 1580. The van der Waals surface area contributed by atoms with E-state index in [2.05, 4.69) is 10.6 Å². The predicted molar refractivity (Wildman–Crippen MR) is 190 cm³/mol. The fourth-order valence-electron chi connectivity index (χ4n) is 7.03. The van der Waals surface area contributed by atoms with Crippen molar-refractivity contribution in [2.75, 3.05) is 0 Å². The number of imide groups is 1. The molecule has 2 aromatic carbocycles. The molecule has 206 valence electrons. The molecule has 2 atom stereocenters. The number of hydrogen-bond donors (Lipinski definition) is 2. The average Bonchev–Trinajstić information content (AvgIpc) is 3.10. The van der Waals surface area contributed by atoms with E-state index in [4.69, 9.17) is 11.6 Å². The molecule has 42 heavy (non-hydrogen) atoms. The minimum absolute atomic E-state index is 0.123. The first-order valence-corrected chi connectivity index (χ1v) is 14.4. The first-order valence-electron chi connectivity index (χ1n) is 14.0. The zero-order valence-corrected chi connectivity index (χ0v) is 26.5. The third-order valence-electron chi connectivity index (χ3n) is 9.45. The zero-order valence-electron chi connectivity index (χ0n) is 25.8. The molecule has 7 nitrogen and oxygen atoms in total.